The van der Waals surface area contributed by atoms with Crippen molar-refractivity contribution >= 4 is 11.3 Å². The van der Waals surface area contributed by atoms with Crippen molar-refractivity contribution < 1.29 is 0 Å². The van der Waals surface area contributed by atoms with Gasteiger partial charge in [0.1, 0.15) is 0 Å². The van der Waals surface area contributed by atoms with Crippen LogP contribution in [0, 0.1) is 6.92 Å². The predicted molar refractivity (Wildman–Crippen MR) is 78.1 cm³/mol. The van der Waals surface area contributed by atoms with E-state index in [1.807, 2.05) is 17.5 Å². The second-order valence-electron chi connectivity index (χ2n) is 4.56. The molecular weight excluding hydrogens is 240 g/mol. The summed E-state index contributed by atoms with van der Waals surface area (Å²) in [6.45, 7) is 6.32. The van der Waals surface area contributed by atoms with Crippen molar-refractivity contribution in [1.29, 1.82) is 0 Å². The SMILES string of the molecule is CCCNCc1cnc(Cc2ccc(C)cc2)s1. The molecule has 0 radical (unpaired) electrons. The number of hydrogen-bond donors (Lipinski definition) is 1. The Bertz CT molecular complexity index is 473. The Kier molecular flexibility index (Phi) is 4.90. The van der Waals surface area contributed by atoms with Crippen LogP contribution in [0.25, 0.3) is 0 Å². The molecule has 0 aliphatic rings. The van der Waals surface area contributed by atoms with Crippen LogP contribution in [0.3, 0.4) is 0 Å². The molecule has 1 heterocycles. The van der Waals surface area contributed by atoms with Crippen LogP contribution in [0.5, 0.6) is 0 Å². The number of nitrogens with one attached hydrogen (secondary N) is 1. The zero-order chi connectivity index (χ0) is 12.8. The summed E-state index contributed by atoms with van der Waals surface area (Å²) in [5, 5.41) is 4.61. The number of aromatic nitrogens is 1. The highest BCUT2D eigenvalue weighted by Crippen LogP contribution is 2.17. The quantitative estimate of drug-likeness (QED) is 0.804. The molecule has 0 aliphatic carbocycles. The molecule has 0 unspecified atom stereocenters. The molecule has 2 nitrogen and oxygen atoms in total. The van der Waals surface area contributed by atoms with Gasteiger partial charge in [-0.25, -0.2) is 4.98 Å². The fourth-order valence-corrected chi connectivity index (χ4v) is 2.71. The smallest absolute Gasteiger partial charge is 0.0971 e. The summed E-state index contributed by atoms with van der Waals surface area (Å²) < 4.78 is 0. The van der Waals surface area contributed by atoms with Crippen molar-refractivity contribution in [3.63, 3.8) is 0 Å². The van der Waals surface area contributed by atoms with Gasteiger partial charge in [0.2, 0.25) is 0 Å². The first-order chi connectivity index (χ1) is 8.78. The van der Waals surface area contributed by atoms with Crippen molar-refractivity contribution in [2.24, 2.45) is 0 Å². The number of hydrogen-bond acceptors (Lipinski definition) is 3. The van der Waals surface area contributed by atoms with Crippen LogP contribution in [-0.2, 0) is 13.0 Å². The van der Waals surface area contributed by atoms with E-state index >= 15 is 0 Å². The third-order valence-electron chi connectivity index (χ3n) is 2.80. The summed E-state index contributed by atoms with van der Waals surface area (Å²) in [5.41, 5.74) is 2.64. The Labute approximate surface area is 113 Å². The maximum atomic E-state index is 4.49. The minimum Gasteiger partial charge on any atom is -0.312 e. The Balaban J connectivity index is 1.91. The van der Waals surface area contributed by atoms with Crippen LogP contribution in [0.1, 0.15) is 34.4 Å². The van der Waals surface area contributed by atoms with Crippen molar-refractivity contribution in [2.45, 2.75) is 33.2 Å². The summed E-state index contributed by atoms with van der Waals surface area (Å²) in [5.74, 6) is 0. The second kappa shape index (κ2) is 6.66. The lowest BCUT2D eigenvalue weighted by molar-refractivity contribution is 0.681. The van der Waals surface area contributed by atoms with E-state index in [4.69, 9.17) is 0 Å². The molecule has 1 aromatic heterocycles. The molecule has 0 saturated heterocycles. The molecule has 0 bridgehead atoms. The summed E-state index contributed by atoms with van der Waals surface area (Å²) >= 11 is 1.81. The lowest BCUT2D eigenvalue weighted by Crippen LogP contribution is -2.12. The molecule has 96 valence electrons. The van der Waals surface area contributed by atoms with Crippen molar-refractivity contribution in [3.05, 3.63) is 51.5 Å². The predicted octanol–water partition coefficient (Wildman–Crippen LogP) is 3.54. The zero-order valence-corrected chi connectivity index (χ0v) is 11.9. The van der Waals surface area contributed by atoms with Gasteiger partial charge in [0.05, 0.1) is 5.01 Å². The molecule has 0 fully saturated rings. The monoisotopic (exact) mass is 260 g/mol. The van der Waals surface area contributed by atoms with Crippen LogP contribution in [0.2, 0.25) is 0 Å². The number of nitrogens with zero attached hydrogens (tertiary/aromatic N) is 1. The molecular formula is C15H20N2S. The second-order valence-corrected chi connectivity index (χ2v) is 5.76. The van der Waals surface area contributed by atoms with Gasteiger partial charge >= 0.3 is 0 Å². The van der Waals surface area contributed by atoms with Gasteiger partial charge in [-0.1, -0.05) is 36.8 Å². The lowest BCUT2D eigenvalue weighted by Gasteiger charge is -1.99. The van der Waals surface area contributed by atoms with Gasteiger partial charge in [-0.05, 0) is 25.5 Å². The number of benzene rings is 1. The van der Waals surface area contributed by atoms with E-state index in [2.05, 4.69) is 48.4 Å². The van der Waals surface area contributed by atoms with Crippen molar-refractivity contribution in [1.82, 2.24) is 10.3 Å². The van der Waals surface area contributed by atoms with Gasteiger partial charge in [0.25, 0.3) is 0 Å². The highest BCUT2D eigenvalue weighted by molar-refractivity contribution is 7.11. The van der Waals surface area contributed by atoms with E-state index in [0.29, 0.717) is 0 Å². The van der Waals surface area contributed by atoms with Crippen molar-refractivity contribution in [2.75, 3.05) is 6.54 Å². The van der Waals surface area contributed by atoms with Crippen LogP contribution in [0.15, 0.2) is 30.5 Å². The minimum atomic E-state index is 0.943. The molecule has 3 heteroatoms. The molecule has 0 atom stereocenters. The Morgan fingerprint density at radius 3 is 2.72 bits per heavy atom. The van der Waals surface area contributed by atoms with Gasteiger partial charge in [-0.2, -0.15) is 0 Å². The summed E-state index contributed by atoms with van der Waals surface area (Å²) in [7, 11) is 0. The van der Waals surface area contributed by atoms with Gasteiger partial charge < -0.3 is 5.32 Å². The molecule has 1 N–H and O–H groups in total. The Morgan fingerprint density at radius 2 is 2.00 bits per heavy atom. The average molecular weight is 260 g/mol. The molecule has 1 aromatic carbocycles. The van der Waals surface area contributed by atoms with Crippen LogP contribution < -0.4 is 5.32 Å². The Morgan fingerprint density at radius 1 is 1.22 bits per heavy atom. The lowest BCUT2D eigenvalue weighted by atomic mass is 10.1. The van der Waals surface area contributed by atoms with E-state index in [1.165, 1.54) is 27.4 Å². The Hall–Kier alpha value is -1.19. The summed E-state index contributed by atoms with van der Waals surface area (Å²) in [6.07, 6.45) is 4.12. The summed E-state index contributed by atoms with van der Waals surface area (Å²) in [4.78, 5) is 5.82. The van der Waals surface area contributed by atoms with Gasteiger partial charge in [-0.3, -0.25) is 0 Å². The normalized spacial score (nSPS) is 10.8. The molecule has 2 rings (SSSR count). The molecule has 2 aromatic rings. The summed E-state index contributed by atoms with van der Waals surface area (Å²) in [6, 6.07) is 8.69. The number of aryl methyl sites for hydroxylation is 1. The first-order valence-corrected chi connectivity index (χ1v) is 7.29. The van der Waals surface area contributed by atoms with Crippen LogP contribution >= 0.6 is 11.3 Å². The topological polar surface area (TPSA) is 24.9 Å². The van der Waals surface area contributed by atoms with Crippen LogP contribution in [-0.4, -0.2) is 11.5 Å². The standard InChI is InChI=1S/C15H20N2S/c1-3-8-16-10-14-11-17-15(18-14)9-13-6-4-12(2)5-7-13/h4-7,11,16H,3,8-10H2,1-2H3. The first kappa shape index (κ1) is 13.2. The third kappa shape index (κ3) is 3.93. The third-order valence-corrected chi connectivity index (χ3v) is 3.80. The molecule has 0 amide bonds. The van der Waals surface area contributed by atoms with Crippen molar-refractivity contribution in [3.8, 4) is 0 Å². The number of rotatable bonds is 6. The number of thiazole rings is 1. The minimum absolute atomic E-state index is 0.943. The molecule has 18 heavy (non-hydrogen) atoms. The first-order valence-electron chi connectivity index (χ1n) is 6.47. The van der Waals surface area contributed by atoms with E-state index < -0.39 is 0 Å². The fourth-order valence-electron chi connectivity index (χ4n) is 1.78. The van der Waals surface area contributed by atoms with Crippen LogP contribution in [0.4, 0.5) is 0 Å². The molecule has 0 aliphatic heterocycles. The van der Waals surface area contributed by atoms with E-state index in [1.54, 1.807) is 0 Å². The van der Waals surface area contributed by atoms with Gasteiger partial charge in [0, 0.05) is 24.0 Å². The maximum Gasteiger partial charge on any atom is 0.0971 e. The average Bonchev–Trinajstić information content (AvgIpc) is 2.80. The molecule has 0 saturated carbocycles. The molecule has 0 spiro atoms. The van der Waals surface area contributed by atoms with Gasteiger partial charge in [0.15, 0.2) is 0 Å². The van der Waals surface area contributed by atoms with E-state index in [-0.39, 0.29) is 0 Å². The largest absolute Gasteiger partial charge is 0.312 e. The fraction of sp³-hybridized carbons (Fsp3) is 0.400. The van der Waals surface area contributed by atoms with E-state index in [9.17, 15) is 0 Å². The maximum absolute atomic E-state index is 4.49. The zero-order valence-electron chi connectivity index (χ0n) is 11.1. The highest BCUT2D eigenvalue weighted by atomic mass is 32.1. The van der Waals surface area contributed by atoms with Gasteiger partial charge in [-0.15, -0.1) is 11.3 Å². The highest BCUT2D eigenvalue weighted by Gasteiger charge is 2.03. The van der Waals surface area contributed by atoms with E-state index in [0.717, 1.165) is 19.5 Å².